The van der Waals surface area contributed by atoms with E-state index in [9.17, 15) is 0 Å². The number of nitrogens with one attached hydrogen (secondary N) is 1. The fourth-order valence-electron chi connectivity index (χ4n) is 2.83. The molecule has 21 heavy (non-hydrogen) atoms. The lowest BCUT2D eigenvalue weighted by atomic mass is 9.92. The number of anilines is 1. The molecule has 0 radical (unpaired) electrons. The van der Waals surface area contributed by atoms with Crippen molar-refractivity contribution in [1.29, 1.82) is 0 Å². The molecule has 2 rings (SSSR count). The van der Waals surface area contributed by atoms with E-state index in [1.165, 1.54) is 25.7 Å². The van der Waals surface area contributed by atoms with Crippen molar-refractivity contribution < 1.29 is 0 Å². The average Bonchev–Trinajstić information content (AvgIpc) is 2.46. The van der Waals surface area contributed by atoms with Gasteiger partial charge in [0.25, 0.3) is 0 Å². The maximum absolute atomic E-state index is 4.41. The van der Waals surface area contributed by atoms with Gasteiger partial charge in [-0.2, -0.15) is 5.10 Å². The highest BCUT2D eigenvalue weighted by molar-refractivity contribution is 5.37. The number of nitrogens with zero attached hydrogens (tertiary/aromatic N) is 3. The van der Waals surface area contributed by atoms with Crippen LogP contribution < -0.4 is 10.2 Å². The van der Waals surface area contributed by atoms with Gasteiger partial charge in [-0.25, -0.2) is 0 Å². The molecule has 0 unspecified atom stereocenters. The second kappa shape index (κ2) is 7.21. The summed E-state index contributed by atoms with van der Waals surface area (Å²) in [4.78, 5) is 2.38. The summed E-state index contributed by atoms with van der Waals surface area (Å²) in [7, 11) is 0. The van der Waals surface area contributed by atoms with Gasteiger partial charge in [0.2, 0.25) is 0 Å². The topological polar surface area (TPSA) is 41.0 Å². The van der Waals surface area contributed by atoms with E-state index < -0.39 is 0 Å². The lowest BCUT2D eigenvalue weighted by Gasteiger charge is -2.32. The van der Waals surface area contributed by atoms with Crippen LogP contribution in [0.1, 0.15) is 59.1 Å². The molecule has 1 aromatic heterocycles. The Morgan fingerprint density at radius 2 is 1.90 bits per heavy atom. The van der Waals surface area contributed by atoms with Crippen molar-refractivity contribution in [3.8, 4) is 0 Å². The molecule has 1 aliphatic rings. The van der Waals surface area contributed by atoms with Crippen LogP contribution in [-0.2, 0) is 6.54 Å². The predicted octanol–water partition coefficient (Wildman–Crippen LogP) is 3.38. The molecule has 0 atom stereocenters. The monoisotopic (exact) mass is 290 g/mol. The lowest BCUT2D eigenvalue weighted by molar-refractivity contribution is 0.376. The molecule has 0 amide bonds. The van der Waals surface area contributed by atoms with Crippen molar-refractivity contribution in [2.45, 2.75) is 65.5 Å². The summed E-state index contributed by atoms with van der Waals surface area (Å²) in [6.45, 7) is 11.8. The first-order chi connectivity index (χ1) is 9.98. The molecule has 1 aliphatic heterocycles. The minimum atomic E-state index is 0.113. The van der Waals surface area contributed by atoms with Crippen molar-refractivity contribution in [3.63, 3.8) is 0 Å². The second-order valence-corrected chi connectivity index (χ2v) is 7.21. The van der Waals surface area contributed by atoms with Gasteiger partial charge in [0, 0.05) is 25.2 Å². The largest absolute Gasteiger partial charge is 0.355 e. The zero-order valence-electron chi connectivity index (χ0n) is 14.0. The van der Waals surface area contributed by atoms with Crippen LogP contribution in [0.15, 0.2) is 12.1 Å². The van der Waals surface area contributed by atoms with Crippen LogP contribution in [0.3, 0.4) is 0 Å². The molecular formula is C17H30N4. The average molecular weight is 290 g/mol. The van der Waals surface area contributed by atoms with Crippen LogP contribution in [0.25, 0.3) is 0 Å². The van der Waals surface area contributed by atoms with E-state index in [4.69, 9.17) is 0 Å². The van der Waals surface area contributed by atoms with E-state index in [0.29, 0.717) is 0 Å². The van der Waals surface area contributed by atoms with Gasteiger partial charge in [-0.15, -0.1) is 5.10 Å². The van der Waals surface area contributed by atoms with Crippen LogP contribution in [0.5, 0.6) is 0 Å². The molecule has 4 heteroatoms. The Labute approximate surface area is 129 Å². The molecule has 0 saturated carbocycles. The summed E-state index contributed by atoms with van der Waals surface area (Å²) < 4.78 is 0. The third-order valence-corrected chi connectivity index (χ3v) is 4.14. The molecule has 2 heterocycles. The van der Waals surface area contributed by atoms with Gasteiger partial charge >= 0.3 is 0 Å². The fraction of sp³-hybridized carbons (Fsp3) is 0.765. The minimum absolute atomic E-state index is 0.113. The van der Waals surface area contributed by atoms with E-state index in [1.807, 2.05) is 0 Å². The second-order valence-electron chi connectivity index (χ2n) is 7.21. The molecule has 1 N–H and O–H groups in total. The van der Waals surface area contributed by atoms with Crippen LogP contribution in [-0.4, -0.2) is 28.8 Å². The summed E-state index contributed by atoms with van der Waals surface area (Å²) in [5.74, 6) is 1.94. The highest BCUT2D eigenvalue weighted by Gasteiger charge is 2.19. The highest BCUT2D eigenvalue weighted by atomic mass is 15.3. The van der Waals surface area contributed by atoms with E-state index in [1.54, 1.807) is 0 Å². The Bertz CT molecular complexity index is 413. The maximum atomic E-state index is 4.41. The Balaban J connectivity index is 1.85. The third kappa shape index (κ3) is 5.27. The van der Waals surface area contributed by atoms with E-state index in [-0.39, 0.29) is 5.54 Å². The third-order valence-electron chi connectivity index (χ3n) is 4.14. The SMILES string of the molecule is CCCC1CCN(c2ccc(CNC(C)(C)C)nn2)CC1. The fourth-order valence-corrected chi connectivity index (χ4v) is 2.83. The van der Waals surface area contributed by atoms with E-state index in [2.05, 4.69) is 60.2 Å². The number of hydrogen-bond acceptors (Lipinski definition) is 4. The maximum Gasteiger partial charge on any atom is 0.151 e. The number of piperidine rings is 1. The first-order valence-electron chi connectivity index (χ1n) is 8.30. The summed E-state index contributed by atoms with van der Waals surface area (Å²) in [5, 5.41) is 12.2. The van der Waals surface area contributed by atoms with Gasteiger partial charge in [0.15, 0.2) is 5.82 Å². The van der Waals surface area contributed by atoms with Crippen LogP contribution in [0.4, 0.5) is 5.82 Å². The molecule has 0 aromatic carbocycles. The van der Waals surface area contributed by atoms with Gasteiger partial charge in [0.05, 0.1) is 5.69 Å². The highest BCUT2D eigenvalue weighted by Crippen LogP contribution is 2.24. The zero-order chi connectivity index (χ0) is 15.3. The minimum Gasteiger partial charge on any atom is -0.355 e. The standard InChI is InChI=1S/C17H30N4/c1-5-6-14-9-11-21(12-10-14)16-8-7-15(19-20-16)13-18-17(2,3)4/h7-8,14,18H,5-6,9-13H2,1-4H3. The van der Waals surface area contributed by atoms with Crippen molar-refractivity contribution in [1.82, 2.24) is 15.5 Å². The molecule has 1 aromatic rings. The Morgan fingerprint density at radius 1 is 1.19 bits per heavy atom. The molecule has 118 valence electrons. The van der Waals surface area contributed by atoms with Crippen LogP contribution in [0, 0.1) is 5.92 Å². The van der Waals surface area contributed by atoms with Crippen molar-refractivity contribution in [3.05, 3.63) is 17.8 Å². The smallest absolute Gasteiger partial charge is 0.151 e. The molecule has 1 fully saturated rings. The molecule has 0 bridgehead atoms. The van der Waals surface area contributed by atoms with Crippen molar-refractivity contribution >= 4 is 5.82 Å². The number of rotatable bonds is 5. The summed E-state index contributed by atoms with van der Waals surface area (Å²) in [6.07, 6.45) is 5.27. The predicted molar refractivity (Wildman–Crippen MR) is 88.5 cm³/mol. The first kappa shape index (κ1) is 16.2. The Kier molecular flexibility index (Phi) is 5.57. The Hall–Kier alpha value is -1.16. The number of hydrogen-bond donors (Lipinski definition) is 1. The molecule has 0 spiro atoms. The van der Waals surface area contributed by atoms with Gasteiger partial charge in [0.1, 0.15) is 0 Å². The van der Waals surface area contributed by atoms with Crippen molar-refractivity contribution in [2.75, 3.05) is 18.0 Å². The van der Waals surface area contributed by atoms with E-state index >= 15 is 0 Å². The Morgan fingerprint density at radius 3 is 2.43 bits per heavy atom. The zero-order valence-corrected chi connectivity index (χ0v) is 14.0. The van der Waals surface area contributed by atoms with Gasteiger partial charge in [-0.1, -0.05) is 19.8 Å². The van der Waals surface area contributed by atoms with Gasteiger partial charge in [-0.3, -0.25) is 0 Å². The van der Waals surface area contributed by atoms with Crippen molar-refractivity contribution in [2.24, 2.45) is 5.92 Å². The molecule has 0 aliphatic carbocycles. The summed E-state index contributed by atoms with van der Waals surface area (Å²) >= 11 is 0. The van der Waals surface area contributed by atoms with Crippen LogP contribution in [0.2, 0.25) is 0 Å². The molecule has 4 nitrogen and oxygen atoms in total. The first-order valence-corrected chi connectivity index (χ1v) is 8.30. The van der Waals surface area contributed by atoms with E-state index in [0.717, 1.165) is 37.1 Å². The lowest BCUT2D eigenvalue weighted by Crippen LogP contribution is -2.36. The summed E-state index contributed by atoms with van der Waals surface area (Å²) in [5.41, 5.74) is 1.12. The van der Waals surface area contributed by atoms with Gasteiger partial charge < -0.3 is 10.2 Å². The molecular weight excluding hydrogens is 260 g/mol. The quantitative estimate of drug-likeness (QED) is 0.902. The number of aromatic nitrogens is 2. The summed E-state index contributed by atoms with van der Waals surface area (Å²) in [6, 6.07) is 4.21. The molecule has 1 saturated heterocycles. The normalized spacial score (nSPS) is 17.2. The van der Waals surface area contributed by atoms with Gasteiger partial charge in [-0.05, 0) is 51.7 Å². The van der Waals surface area contributed by atoms with Crippen LogP contribution >= 0.6 is 0 Å².